The molecule has 0 saturated heterocycles. The number of carboxylic acid groups (broad SMARTS) is 1. The highest BCUT2D eigenvalue weighted by Gasteiger charge is 2.14. The molecule has 0 atom stereocenters. The normalized spacial score (nSPS) is 10.9. The molecule has 1 N–H and O–H groups in total. The fourth-order valence-electron chi connectivity index (χ4n) is 2.30. The first-order chi connectivity index (χ1) is 9.56. The Morgan fingerprint density at radius 1 is 1.30 bits per heavy atom. The van der Waals surface area contributed by atoms with E-state index in [1.54, 1.807) is 10.6 Å². The maximum Gasteiger partial charge on any atom is 0.358 e. The van der Waals surface area contributed by atoms with Gasteiger partial charge in [0, 0.05) is 24.2 Å². The van der Waals surface area contributed by atoms with Gasteiger partial charge in [0.05, 0.1) is 5.69 Å². The fourth-order valence-corrected chi connectivity index (χ4v) is 2.30. The lowest BCUT2D eigenvalue weighted by Gasteiger charge is -2.02. The van der Waals surface area contributed by atoms with E-state index in [0.29, 0.717) is 5.65 Å². The van der Waals surface area contributed by atoms with Crippen LogP contribution in [0.15, 0.2) is 36.8 Å². The van der Waals surface area contributed by atoms with Crippen LogP contribution in [-0.2, 0) is 0 Å². The van der Waals surface area contributed by atoms with Gasteiger partial charge >= 0.3 is 5.97 Å². The molecule has 0 amide bonds. The molecule has 5 heteroatoms. The molecular weight excluding hydrogens is 254 g/mol. The largest absolute Gasteiger partial charge is 0.476 e. The number of hydrogen-bond donors (Lipinski definition) is 1. The zero-order chi connectivity index (χ0) is 14.3. The third-order valence-corrected chi connectivity index (χ3v) is 3.24. The first-order valence-corrected chi connectivity index (χ1v) is 6.21. The monoisotopic (exact) mass is 267 g/mol. The first-order valence-electron chi connectivity index (χ1n) is 6.21. The van der Waals surface area contributed by atoms with Crippen molar-refractivity contribution in [1.82, 2.24) is 14.4 Å². The summed E-state index contributed by atoms with van der Waals surface area (Å²) >= 11 is 0. The van der Waals surface area contributed by atoms with Crippen molar-refractivity contribution in [2.24, 2.45) is 0 Å². The van der Waals surface area contributed by atoms with Gasteiger partial charge in [-0.2, -0.15) is 0 Å². The van der Waals surface area contributed by atoms with Gasteiger partial charge in [-0.1, -0.05) is 23.8 Å². The maximum atomic E-state index is 11.2. The Balaban J connectivity index is 2.23. The molecule has 0 aliphatic heterocycles. The van der Waals surface area contributed by atoms with Gasteiger partial charge in [-0.05, 0) is 19.4 Å². The minimum absolute atomic E-state index is 0.0384. The lowest BCUT2D eigenvalue weighted by atomic mass is 10.0. The summed E-state index contributed by atoms with van der Waals surface area (Å²) < 4.78 is 1.69. The number of nitrogens with zero attached hydrogens (tertiary/aromatic N) is 3. The molecule has 20 heavy (non-hydrogen) atoms. The molecule has 1 aromatic carbocycles. The van der Waals surface area contributed by atoms with Crippen molar-refractivity contribution in [2.75, 3.05) is 0 Å². The second-order valence-electron chi connectivity index (χ2n) is 4.76. The van der Waals surface area contributed by atoms with Crippen LogP contribution in [0, 0.1) is 13.8 Å². The lowest BCUT2D eigenvalue weighted by Crippen LogP contribution is -2.03. The van der Waals surface area contributed by atoms with Crippen molar-refractivity contribution in [3.8, 4) is 11.3 Å². The smallest absolute Gasteiger partial charge is 0.358 e. The Bertz CT molecular complexity index is 821. The van der Waals surface area contributed by atoms with Gasteiger partial charge in [-0.25, -0.2) is 14.8 Å². The summed E-state index contributed by atoms with van der Waals surface area (Å²) in [6, 6.07) is 6.10. The van der Waals surface area contributed by atoms with Crippen LogP contribution in [0.3, 0.4) is 0 Å². The van der Waals surface area contributed by atoms with Crippen LogP contribution in [-0.4, -0.2) is 25.4 Å². The SMILES string of the molecule is Cc1ccc(-c2cn3ccnc(C(=O)O)c3n2)c(C)c1. The zero-order valence-corrected chi connectivity index (χ0v) is 11.2. The highest BCUT2D eigenvalue weighted by Crippen LogP contribution is 2.24. The quantitative estimate of drug-likeness (QED) is 0.775. The summed E-state index contributed by atoms with van der Waals surface area (Å²) in [5.41, 5.74) is 4.35. The summed E-state index contributed by atoms with van der Waals surface area (Å²) in [7, 11) is 0. The van der Waals surface area contributed by atoms with Crippen LogP contribution < -0.4 is 0 Å². The van der Waals surface area contributed by atoms with Gasteiger partial charge in [-0.15, -0.1) is 0 Å². The van der Waals surface area contributed by atoms with E-state index in [1.807, 2.05) is 32.2 Å². The molecule has 3 rings (SSSR count). The predicted molar refractivity (Wildman–Crippen MR) is 74.9 cm³/mol. The zero-order valence-electron chi connectivity index (χ0n) is 11.2. The average molecular weight is 267 g/mol. The summed E-state index contributed by atoms with van der Waals surface area (Å²) in [5, 5.41) is 9.14. The van der Waals surface area contributed by atoms with Crippen LogP contribution in [0.1, 0.15) is 21.6 Å². The number of aromatic carboxylic acids is 1. The number of benzene rings is 1. The third kappa shape index (κ3) is 1.93. The number of carbonyl (C=O) groups is 1. The van der Waals surface area contributed by atoms with E-state index < -0.39 is 5.97 Å². The number of aromatic nitrogens is 3. The predicted octanol–water partition coefficient (Wildman–Crippen LogP) is 2.71. The maximum absolute atomic E-state index is 11.2. The van der Waals surface area contributed by atoms with E-state index >= 15 is 0 Å². The molecular formula is C15H13N3O2. The Morgan fingerprint density at radius 2 is 2.10 bits per heavy atom. The van der Waals surface area contributed by atoms with E-state index in [2.05, 4.69) is 16.0 Å². The summed E-state index contributed by atoms with van der Waals surface area (Å²) in [6.07, 6.45) is 4.98. The van der Waals surface area contributed by atoms with E-state index in [9.17, 15) is 4.79 Å². The number of fused-ring (bicyclic) bond motifs is 1. The molecule has 5 nitrogen and oxygen atoms in total. The van der Waals surface area contributed by atoms with Gasteiger partial charge in [0.25, 0.3) is 0 Å². The van der Waals surface area contributed by atoms with E-state index in [-0.39, 0.29) is 5.69 Å². The van der Waals surface area contributed by atoms with Crippen LogP contribution in [0.4, 0.5) is 0 Å². The van der Waals surface area contributed by atoms with Crippen LogP contribution in [0.25, 0.3) is 16.9 Å². The molecule has 0 aliphatic rings. The Morgan fingerprint density at radius 3 is 2.80 bits per heavy atom. The van der Waals surface area contributed by atoms with Crippen molar-refractivity contribution >= 4 is 11.6 Å². The Hall–Kier alpha value is -2.69. The summed E-state index contributed by atoms with van der Waals surface area (Å²) in [6.45, 7) is 4.05. The number of hydrogen-bond acceptors (Lipinski definition) is 3. The van der Waals surface area contributed by atoms with Gasteiger partial charge in [0.1, 0.15) is 0 Å². The van der Waals surface area contributed by atoms with Crippen molar-refractivity contribution < 1.29 is 9.90 Å². The van der Waals surface area contributed by atoms with Gasteiger partial charge < -0.3 is 9.51 Å². The minimum atomic E-state index is -1.08. The van der Waals surface area contributed by atoms with Crippen molar-refractivity contribution in [3.63, 3.8) is 0 Å². The molecule has 0 bridgehead atoms. The molecule has 0 fully saturated rings. The first kappa shape index (κ1) is 12.3. The highest BCUT2D eigenvalue weighted by atomic mass is 16.4. The second kappa shape index (κ2) is 4.45. The molecule has 0 aliphatic carbocycles. The van der Waals surface area contributed by atoms with Crippen LogP contribution in [0.2, 0.25) is 0 Å². The topological polar surface area (TPSA) is 67.5 Å². The number of carboxylic acids is 1. The molecule has 2 aromatic heterocycles. The number of aryl methyl sites for hydroxylation is 2. The van der Waals surface area contributed by atoms with Gasteiger partial charge in [0.15, 0.2) is 11.3 Å². The molecule has 3 aromatic rings. The van der Waals surface area contributed by atoms with E-state index in [0.717, 1.165) is 16.8 Å². The molecule has 0 unspecified atom stereocenters. The molecule has 2 heterocycles. The second-order valence-corrected chi connectivity index (χ2v) is 4.76. The number of imidazole rings is 1. The van der Waals surface area contributed by atoms with Crippen molar-refractivity contribution in [1.29, 1.82) is 0 Å². The fraction of sp³-hybridized carbons (Fsp3) is 0.133. The Labute approximate surface area is 115 Å². The van der Waals surface area contributed by atoms with E-state index in [4.69, 9.17) is 5.11 Å². The molecule has 100 valence electrons. The van der Waals surface area contributed by atoms with Gasteiger partial charge in [-0.3, -0.25) is 0 Å². The van der Waals surface area contributed by atoms with E-state index in [1.165, 1.54) is 11.8 Å². The standard InChI is InChI=1S/C15H13N3O2/c1-9-3-4-11(10(2)7-9)12-8-18-6-5-16-13(15(19)20)14(18)17-12/h3-8H,1-2H3,(H,19,20). The Kier molecular flexibility index (Phi) is 2.75. The molecule has 0 saturated carbocycles. The van der Waals surface area contributed by atoms with Crippen LogP contribution >= 0.6 is 0 Å². The van der Waals surface area contributed by atoms with Gasteiger partial charge in [0.2, 0.25) is 0 Å². The third-order valence-electron chi connectivity index (χ3n) is 3.24. The summed E-state index contributed by atoms with van der Waals surface area (Å²) in [4.78, 5) is 19.4. The summed E-state index contributed by atoms with van der Waals surface area (Å²) in [5.74, 6) is -1.08. The van der Waals surface area contributed by atoms with Crippen LogP contribution in [0.5, 0.6) is 0 Å². The molecule has 0 spiro atoms. The minimum Gasteiger partial charge on any atom is -0.476 e. The highest BCUT2D eigenvalue weighted by molar-refractivity contribution is 5.92. The average Bonchev–Trinajstić information content (AvgIpc) is 2.81. The lowest BCUT2D eigenvalue weighted by molar-refractivity contribution is 0.0692. The molecule has 0 radical (unpaired) electrons. The number of rotatable bonds is 2. The van der Waals surface area contributed by atoms with Crippen molar-refractivity contribution in [3.05, 3.63) is 53.6 Å². The van der Waals surface area contributed by atoms with Crippen molar-refractivity contribution in [2.45, 2.75) is 13.8 Å².